The Morgan fingerprint density at radius 1 is 1.00 bits per heavy atom. The maximum atomic E-state index is 3.87. The molecule has 2 rings (SSSR count). The van der Waals surface area contributed by atoms with Crippen molar-refractivity contribution < 1.29 is 0 Å². The Bertz CT molecular complexity index is 561. The molecule has 0 N–H and O–H groups in total. The molecule has 3 heteroatoms. The van der Waals surface area contributed by atoms with Gasteiger partial charge in [-0.25, -0.2) is 0 Å². The van der Waals surface area contributed by atoms with Crippen molar-refractivity contribution in [2.45, 2.75) is 32.5 Å². The summed E-state index contributed by atoms with van der Waals surface area (Å²) in [6, 6.07) is 6.73. The third-order valence-electron chi connectivity index (χ3n) is 3.19. The SMILES string of the molecule is Cc1cc(C)c(C(Br)c2cc(Br)sc2C)c(C)c1. The van der Waals surface area contributed by atoms with Crippen LogP contribution >= 0.6 is 43.2 Å². The van der Waals surface area contributed by atoms with Crippen LogP contribution in [0.3, 0.4) is 0 Å². The molecule has 0 nitrogen and oxygen atoms in total. The lowest BCUT2D eigenvalue weighted by atomic mass is 9.94. The molecule has 2 aromatic rings. The molecular formula is C15H16Br2S. The molecule has 1 heterocycles. The van der Waals surface area contributed by atoms with Gasteiger partial charge in [-0.3, -0.25) is 0 Å². The minimum Gasteiger partial charge on any atom is -0.133 e. The van der Waals surface area contributed by atoms with Crippen molar-refractivity contribution in [1.29, 1.82) is 0 Å². The first-order chi connectivity index (χ1) is 8.40. The monoisotopic (exact) mass is 386 g/mol. The van der Waals surface area contributed by atoms with E-state index >= 15 is 0 Å². The van der Waals surface area contributed by atoms with Crippen LogP contribution < -0.4 is 0 Å². The highest BCUT2D eigenvalue weighted by Crippen LogP contribution is 2.41. The highest BCUT2D eigenvalue weighted by atomic mass is 79.9. The van der Waals surface area contributed by atoms with Crippen molar-refractivity contribution in [3.05, 3.63) is 54.7 Å². The number of hydrogen-bond donors (Lipinski definition) is 0. The number of thiophene rings is 1. The summed E-state index contributed by atoms with van der Waals surface area (Å²) in [5, 5.41) is 0. The zero-order valence-corrected chi connectivity index (χ0v) is 15.0. The predicted octanol–water partition coefficient (Wildman–Crippen LogP) is 6.23. The van der Waals surface area contributed by atoms with E-state index < -0.39 is 0 Å². The van der Waals surface area contributed by atoms with Crippen LogP contribution in [0.1, 0.15) is 37.5 Å². The van der Waals surface area contributed by atoms with Gasteiger partial charge in [0.15, 0.2) is 0 Å². The minimum atomic E-state index is 0.278. The third-order valence-corrected chi connectivity index (χ3v) is 5.71. The second kappa shape index (κ2) is 5.48. The standard InChI is InChI=1S/C15H16Br2S/c1-8-5-9(2)14(10(3)6-8)15(17)12-7-13(16)18-11(12)4/h5-7,15H,1-4H3. The molecule has 0 amide bonds. The number of halogens is 2. The molecule has 0 aliphatic carbocycles. The van der Waals surface area contributed by atoms with Crippen molar-refractivity contribution in [2.24, 2.45) is 0 Å². The number of alkyl halides is 1. The number of benzene rings is 1. The van der Waals surface area contributed by atoms with Crippen molar-refractivity contribution in [3.63, 3.8) is 0 Å². The lowest BCUT2D eigenvalue weighted by molar-refractivity contribution is 1.10. The van der Waals surface area contributed by atoms with Gasteiger partial charge in [-0.05, 0) is 71.9 Å². The van der Waals surface area contributed by atoms with Crippen molar-refractivity contribution in [3.8, 4) is 0 Å². The first-order valence-corrected chi connectivity index (χ1v) is 8.40. The van der Waals surface area contributed by atoms with Gasteiger partial charge in [0.05, 0.1) is 8.61 Å². The number of rotatable bonds is 2. The van der Waals surface area contributed by atoms with Gasteiger partial charge in [-0.15, -0.1) is 11.3 Å². The van der Waals surface area contributed by atoms with E-state index in [-0.39, 0.29) is 4.83 Å². The van der Waals surface area contributed by atoms with E-state index in [1.54, 1.807) is 11.3 Å². The summed E-state index contributed by atoms with van der Waals surface area (Å²) in [5.41, 5.74) is 6.81. The molecule has 0 fully saturated rings. The Morgan fingerprint density at radius 2 is 1.56 bits per heavy atom. The van der Waals surface area contributed by atoms with Crippen LogP contribution in [0, 0.1) is 27.7 Å². The summed E-state index contributed by atoms with van der Waals surface area (Å²) in [5.74, 6) is 0. The number of hydrogen-bond acceptors (Lipinski definition) is 1. The highest BCUT2D eigenvalue weighted by molar-refractivity contribution is 9.11. The molecule has 0 aliphatic rings. The van der Waals surface area contributed by atoms with Gasteiger partial charge in [-0.2, -0.15) is 0 Å². The summed E-state index contributed by atoms with van der Waals surface area (Å²) >= 11 is 9.23. The molecule has 1 atom stereocenters. The summed E-state index contributed by atoms with van der Waals surface area (Å²) in [4.78, 5) is 1.64. The molecule has 0 saturated heterocycles. The first-order valence-electron chi connectivity index (χ1n) is 5.87. The topological polar surface area (TPSA) is 0 Å². The Labute approximate surface area is 130 Å². The van der Waals surface area contributed by atoms with E-state index in [4.69, 9.17) is 0 Å². The summed E-state index contributed by atoms with van der Waals surface area (Å²) in [6.07, 6.45) is 0. The van der Waals surface area contributed by atoms with Gasteiger partial charge in [-0.1, -0.05) is 33.6 Å². The Kier molecular flexibility index (Phi) is 4.35. The molecule has 1 unspecified atom stereocenters. The Hall–Kier alpha value is -0.120. The van der Waals surface area contributed by atoms with E-state index in [9.17, 15) is 0 Å². The third kappa shape index (κ3) is 2.73. The zero-order valence-electron chi connectivity index (χ0n) is 11.0. The Balaban J connectivity index is 2.52. The van der Waals surface area contributed by atoms with E-state index in [0.29, 0.717) is 0 Å². The molecule has 0 saturated carbocycles. The zero-order chi connectivity index (χ0) is 13.4. The molecule has 96 valence electrons. The van der Waals surface area contributed by atoms with Gasteiger partial charge in [0.2, 0.25) is 0 Å². The van der Waals surface area contributed by atoms with Crippen LogP contribution in [0.15, 0.2) is 22.0 Å². The summed E-state index contributed by atoms with van der Waals surface area (Å²) < 4.78 is 1.20. The molecule has 0 radical (unpaired) electrons. The van der Waals surface area contributed by atoms with Crippen molar-refractivity contribution >= 4 is 43.2 Å². The fourth-order valence-electron chi connectivity index (χ4n) is 2.46. The smallest absolute Gasteiger partial charge is 0.0704 e. The molecular weight excluding hydrogens is 372 g/mol. The maximum Gasteiger partial charge on any atom is 0.0704 e. The second-order valence-electron chi connectivity index (χ2n) is 4.74. The van der Waals surface area contributed by atoms with E-state index in [0.717, 1.165) is 0 Å². The van der Waals surface area contributed by atoms with Gasteiger partial charge < -0.3 is 0 Å². The van der Waals surface area contributed by atoms with E-state index in [1.807, 2.05) is 0 Å². The van der Waals surface area contributed by atoms with Gasteiger partial charge >= 0.3 is 0 Å². The summed E-state index contributed by atoms with van der Waals surface area (Å²) in [6.45, 7) is 8.72. The highest BCUT2D eigenvalue weighted by Gasteiger charge is 2.19. The van der Waals surface area contributed by atoms with Crippen LogP contribution in [0.5, 0.6) is 0 Å². The number of aryl methyl sites for hydroxylation is 4. The van der Waals surface area contributed by atoms with Gasteiger partial charge in [0, 0.05) is 4.88 Å². The van der Waals surface area contributed by atoms with E-state index in [1.165, 1.54) is 36.5 Å². The minimum absolute atomic E-state index is 0.278. The summed E-state index contributed by atoms with van der Waals surface area (Å²) in [7, 11) is 0. The van der Waals surface area contributed by atoms with Crippen LogP contribution in [0.25, 0.3) is 0 Å². The molecule has 0 aliphatic heterocycles. The van der Waals surface area contributed by atoms with Gasteiger partial charge in [0.1, 0.15) is 0 Å². The predicted molar refractivity (Wildman–Crippen MR) is 88.2 cm³/mol. The lowest BCUT2D eigenvalue weighted by Gasteiger charge is -2.17. The van der Waals surface area contributed by atoms with Crippen molar-refractivity contribution in [1.82, 2.24) is 0 Å². The quantitative estimate of drug-likeness (QED) is 0.535. The van der Waals surface area contributed by atoms with Crippen LogP contribution in [-0.4, -0.2) is 0 Å². The van der Waals surface area contributed by atoms with Gasteiger partial charge in [0.25, 0.3) is 0 Å². The molecule has 0 bridgehead atoms. The normalized spacial score (nSPS) is 12.8. The first kappa shape index (κ1) is 14.3. The maximum absolute atomic E-state index is 3.87. The fourth-order valence-corrected chi connectivity index (χ4v) is 5.55. The fraction of sp³-hybridized carbons (Fsp3) is 0.333. The van der Waals surface area contributed by atoms with Crippen LogP contribution in [-0.2, 0) is 0 Å². The second-order valence-corrected chi connectivity index (χ2v) is 8.29. The van der Waals surface area contributed by atoms with Crippen LogP contribution in [0.2, 0.25) is 0 Å². The average molecular weight is 388 g/mol. The van der Waals surface area contributed by atoms with E-state index in [2.05, 4.69) is 77.8 Å². The molecule has 18 heavy (non-hydrogen) atoms. The Morgan fingerprint density at radius 3 is 2.00 bits per heavy atom. The van der Waals surface area contributed by atoms with Crippen molar-refractivity contribution in [2.75, 3.05) is 0 Å². The molecule has 1 aromatic carbocycles. The largest absolute Gasteiger partial charge is 0.133 e. The average Bonchev–Trinajstić information content (AvgIpc) is 2.56. The van der Waals surface area contributed by atoms with Crippen LogP contribution in [0.4, 0.5) is 0 Å². The molecule has 0 spiro atoms. The lowest BCUT2D eigenvalue weighted by Crippen LogP contribution is -2.00. The molecule has 1 aromatic heterocycles.